The third-order valence-electron chi connectivity index (χ3n) is 3.71. The van der Waals surface area contributed by atoms with Crippen LogP contribution >= 0.6 is 11.6 Å². The van der Waals surface area contributed by atoms with E-state index in [0.29, 0.717) is 6.04 Å². The second-order valence-electron chi connectivity index (χ2n) is 4.68. The summed E-state index contributed by atoms with van der Waals surface area (Å²) in [5.41, 5.74) is 2.55. The summed E-state index contributed by atoms with van der Waals surface area (Å²) in [6, 6.07) is 6.84. The molecule has 0 spiro atoms. The van der Waals surface area contributed by atoms with Gasteiger partial charge in [0.25, 0.3) is 0 Å². The number of nitrogens with one attached hydrogen (secondary N) is 1. The molecule has 0 radical (unpaired) electrons. The van der Waals surface area contributed by atoms with Crippen molar-refractivity contribution in [3.05, 3.63) is 28.8 Å². The Hall–Kier alpha value is -0.730. The average molecular weight is 237 g/mol. The van der Waals surface area contributed by atoms with Gasteiger partial charge < -0.3 is 5.32 Å². The molecule has 2 nitrogen and oxygen atoms in total. The number of nitrogens with zero attached hydrogens (tertiary/aromatic N) is 1. The molecule has 1 aromatic carbocycles. The molecular weight excluding hydrogens is 220 g/mol. The summed E-state index contributed by atoms with van der Waals surface area (Å²) in [7, 11) is 0. The zero-order valence-corrected chi connectivity index (χ0v) is 10.1. The highest BCUT2D eigenvalue weighted by Gasteiger charge is 2.28. The lowest BCUT2D eigenvalue weighted by Crippen LogP contribution is -2.31. The third-order valence-corrected chi connectivity index (χ3v) is 4.02. The van der Waals surface area contributed by atoms with E-state index >= 15 is 0 Å². The van der Waals surface area contributed by atoms with Gasteiger partial charge in [0.05, 0.1) is 10.7 Å². The van der Waals surface area contributed by atoms with Crippen LogP contribution in [0.5, 0.6) is 0 Å². The van der Waals surface area contributed by atoms with Crippen LogP contribution < -0.4 is 5.32 Å². The molecule has 0 aliphatic carbocycles. The molecule has 1 N–H and O–H groups in total. The molecule has 2 aliphatic heterocycles. The minimum absolute atomic E-state index is 0.581. The predicted octanol–water partition coefficient (Wildman–Crippen LogP) is 3.29. The largest absolute Gasteiger partial charge is 0.383 e. The Labute approximate surface area is 102 Å². The molecule has 3 heteroatoms. The van der Waals surface area contributed by atoms with E-state index in [1.807, 2.05) is 6.07 Å². The normalized spacial score (nSPS) is 25.2. The summed E-state index contributed by atoms with van der Waals surface area (Å²) in [5.74, 6) is 0. The highest BCUT2D eigenvalue weighted by atomic mass is 35.5. The van der Waals surface area contributed by atoms with Crippen LogP contribution in [0.2, 0.25) is 5.02 Å². The summed E-state index contributed by atoms with van der Waals surface area (Å²) in [6.07, 6.45) is 3.90. The lowest BCUT2D eigenvalue weighted by atomic mass is 9.97. The fourth-order valence-corrected chi connectivity index (χ4v) is 3.18. The molecule has 1 aromatic rings. The number of halogens is 1. The Bertz CT molecular complexity index is 386. The molecule has 3 rings (SSSR count). The molecule has 0 amide bonds. The number of fused-ring (bicyclic) bond motifs is 1. The monoisotopic (exact) mass is 236 g/mol. The van der Waals surface area contributed by atoms with Crippen molar-refractivity contribution in [2.45, 2.75) is 25.3 Å². The van der Waals surface area contributed by atoms with Gasteiger partial charge in [-0.3, -0.25) is 4.90 Å². The fourth-order valence-electron chi connectivity index (χ4n) is 2.93. The van der Waals surface area contributed by atoms with Gasteiger partial charge in [-0.05, 0) is 44.0 Å². The van der Waals surface area contributed by atoms with E-state index in [9.17, 15) is 0 Å². The number of para-hydroxylation sites is 1. The first-order valence-corrected chi connectivity index (χ1v) is 6.50. The summed E-state index contributed by atoms with van der Waals surface area (Å²) < 4.78 is 0. The van der Waals surface area contributed by atoms with E-state index in [0.717, 1.165) is 17.3 Å². The van der Waals surface area contributed by atoms with Crippen molar-refractivity contribution >= 4 is 17.3 Å². The maximum Gasteiger partial charge on any atom is 0.0640 e. The van der Waals surface area contributed by atoms with Gasteiger partial charge >= 0.3 is 0 Å². The van der Waals surface area contributed by atoms with Crippen molar-refractivity contribution in [3.8, 4) is 0 Å². The Morgan fingerprint density at radius 3 is 2.88 bits per heavy atom. The Kier molecular flexibility index (Phi) is 2.78. The zero-order chi connectivity index (χ0) is 11.0. The molecule has 0 bridgehead atoms. The number of hydrogen-bond acceptors (Lipinski definition) is 2. The van der Waals surface area contributed by atoms with Gasteiger partial charge in [0.2, 0.25) is 0 Å². The van der Waals surface area contributed by atoms with E-state index in [1.165, 1.54) is 37.9 Å². The van der Waals surface area contributed by atoms with Crippen LogP contribution in [-0.2, 0) is 0 Å². The molecule has 0 saturated carbocycles. The molecule has 2 heterocycles. The molecule has 1 saturated heterocycles. The van der Waals surface area contributed by atoms with Crippen molar-refractivity contribution in [1.29, 1.82) is 0 Å². The first-order valence-electron chi connectivity index (χ1n) is 6.12. The van der Waals surface area contributed by atoms with E-state index in [2.05, 4.69) is 22.3 Å². The number of rotatable bonds is 1. The Balaban J connectivity index is 1.96. The number of anilines is 1. The van der Waals surface area contributed by atoms with Crippen LogP contribution in [-0.4, -0.2) is 24.5 Å². The van der Waals surface area contributed by atoms with Crippen LogP contribution in [0, 0.1) is 0 Å². The maximum atomic E-state index is 6.23. The van der Waals surface area contributed by atoms with Crippen molar-refractivity contribution in [2.24, 2.45) is 0 Å². The average Bonchev–Trinajstić information content (AvgIpc) is 2.82. The topological polar surface area (TPSA) is 15.3 Å². The summed E-state index contributed by atoms with van der Waals surface area (Å²) in [4.78, 5) is 2.61. The molecule has 1 fully saturated rings. The smallest absolute Gasteiger partial charge is 0.0640 e. The first-order chi connectivity index (χ1) is 7.86. The van der Waals surface area contributed by atoms with Crippen LogP contribution in [0.4, 0.5) is 5.69 Å². The summed E-state index contributed by atoms with van der Waals surface area (Å²) in [5, 5.41) is 4.29. The SMILES string of the molecule is Clc1cccc2c1NCCC2N1CCCC1. The van der Waals surface area contributed by atoms with Crippen LogP contribution in [0.25, 0.3) is 0 Å². The predicted molar refractivity (Wildman–Crippen MR) is 68.1 cm³/mol. The molecule has 86 valence electrons. The summed E-state index contributed by atoms with van der Waals surface area (Å²) >= 11 is 6.23. The van der Waals surface area contributed by atoms with Gasteiger partial charge in [0.1, 0.15) is 0 Å². The molecule has 1 atom stereocenters. The van der Waals surface area contributed by atoms with Gasteiger partial charge in [0.15, 0.2) is 0 Å². The van der Waals surface area contributed by atoms with Crippen LogP contribution in [0.3, 0.4) is 0 Å². The maximum absolute atomic E-state index is 6.23. The quantitative estimate of drug-likeness (QED) is 0.805. The van der Waals surface area contributed by atoms with Gasteiger partial charge in [-0.25, -0.2) is 0 Å². The van der Waals surface area contributed by atoms with Gasteiger partial charge in [-0.2, -0.15) is 0 Å². The van der Waals surface area contributed by atoms with Crippen LogP contribution in [0.1, 0.15) is 30.9 Å². The van der Waals surface area contributed by atoms with Crippen molar-refractivity contribution in [3.63, 3.8) is 0 Å². The highest BCUT2D eigenvalue weighted by molar-refractivity contribution is 6.33. The van der Waals surface area contributed by atoms with Crippen LogP contribution in [0.15, 0.2) is 18.2 Å². The van der Waals surface area contributed by atoms with E-state index < -0.39 is 0 Å². The number of likely N-dealkylation sites (tertiary alicyclic amines) is 1. The Morgan fingerprint density at radius 2 is 2.06 bits per heavy atom. The van der Waals surface area contributed by atoms with E-state index in [4.69, 9.17) is 11.6 Å². The lowest BCUT2D eigenvalue weighted by Gasteiger charge is -2.34. The minimum atomic E-state index is 0.581. The molecule has 2 aliphatic rings. The molecule has 0 aromatic heterocycles. The standard InChI is InChI=1S/C13H17ClN2/c14-11-5-3-4-10-12(6-7-15-13(10)11)16-8-1-2-9-16/h3-5,12,15H,1-2,6-9H2. The number of hydrogen-bond donors (Lipinski definition) is 1. The van der Waals surface area contributed by atoms with Gasteiger partial charge in [0, 0.05) is 12.6 Å². The Morgan fingerprint density at radius 1 is 1.25 bits per heavy atom. The fraction of sp³-hybridized carbons (Fsp3) is 0.538. The van der Waals surface area contributed by atoms with Crippen molar-refractivity contribution in [1.82, 2.24) is 4.90 Å². The number of benzene rings is 1. The van der Waals surface area contributed by atoms with E-state index in [-0.39, 0.29) is 0 Å². The van der Waals surface area contributed by atoms with E-state index in [1.54, 1.807) is 0 Å². The molecule has 1 unspecified atom stereocenters. The molecular formula is C13H17ClN2. The molecule has 16 heavy (non-hydrogen) atoms. The van der Waals surface area contributed by atoms with Crippen molar-refractivity contribution < 1.29 is 0 Å². The zero-order valence-electron chi connectivity index (χ0n) is 9.38. The van der Waals surface area contributed by atoms with Gasteiger partial charge in [-0.15, -0.1) is 0 Å². The first kappa shape index (κ1) is 10.4. The third kappa shape index (κ3) is 1.70. The second kappa shape index (κ2) is 4.27. The summed E-state index contributed by atoms with van der Waals surface area (Å²) in [6.45, 7) is 3.53. The highest BCUT2D eigenvalue weighted by Crippen LogP contribution is 2.39. The van der Waals surface area contributed by atoms with Crippen molar-refractivity contribution in [2.75, 3.05) is 25.0 Å². The lowest BCUT2D eigenvalue weighted by molar-refractivity contribution is 0.234. The minimum Gasteiger partial charge on any atom is -0.383 e. The second-order valence-corrected chi connectivity index (χ2v) is 5.09. The van der Waals surface area contributed by atoms with Gasteiger partial charge in [-0.1, -0.05) is 23.7 Å².